The summed E-state index contributed by atoms with van der Waals surface area (Å²) in [7, 11) is 0. The standard InChI is InChI=1S/2C4H9NO/c6-4-1-2-5-3-4;6-5-3-1-2-4-5/h4-6H,1-3H2;6H,1-4H2/t4-;/m1./s1. The van der Waals surface area contributed by atoms with Crippen LogP contribution in [0.2, 0.25) is 0 Å². The lowest BCUT2D eigenvalue weighted by atomic mass is 10.3. The van der Waals surface area contributed by atoms with Gasteiger partial charge in [-0.3, -0.25) is 0 Å². The van der Waals surface area contributed by atoms with Gasteiger partial charge in [-0.25, -0.2) is 0 Å². The largest absolute Gasteiger partial charge is 0.392 e. The van der Waals surface area contributed by atoms with Gasteiger partial charge in [0.25, 0.3) is 0 Å². The molecule has 4 nitrogen and oxygen atoms in total. The van der Waals surface area contributed by atoms with Crippen molar-refractivity contribution in [2.75, 3.05) is 26.2 Å². The van der Waals surface area contributed by atoms with Crippen molar-refractivity contribution in [1.82, 2.24) is 10.4 Å². The summed E-state index contributed by atoms with van der Waals surface area (Å²) in [6.45, 7) is 3.53. The highest BCUT2D eigenvalue weighted by Gasteiger charge is 2.08. The van der Waals surface area contributed by atoms with Crippen molar-refractivity contribution in [1.29, 1.82) is 0 Å². The molecule has 3 N–H and O–H groups in total. The summed E-state index contributed by atoms with van der Waals surface area (Å²) in [5.41, 5.74) is 0. The highest BCUT2D eigenvalue weighted by Crippen LogP contribution is 2.01. The summed E-state index contributed by atoms with van der Waals surface area (Å²) in [6.07, 6.45) is 3.19. The topological polar surface area (TPSA) is 55.7 Å². The van der Waals surface area contributed by atoms with Crippen molar-refractivity contribution >= 4 is 0 Å². The smallest absolute Gasteiger partial charge is 0.0676 e. The van der Waals surface area contributed by atoms with Crippen molar-refractivity contribution in [3.63, 3.8) is 0 Å². The molecule has 0 unspecified atom stereocenters. The van der Waals surface area contributed by atoms with Crippen molar-refractivity contribution in [3.05, 3.63) is 0 Å². The van der Waals surface area contributed by atoms with E-state index in [1.54, 1.807) is 0 Å². The summed E-state index contributed by atoms with van der Waals surface area (Å²) < 4.78 is 0. The maximum Gasteiger partial charge on any atom is 0.0676 e. The first-order chi connectivity index (χ1) is 5.79. The molecule has 0 radical (unpaired) electrons. The quantitative estimate of drug-likeness (QED) is 0.476. The fourth-order valence-electron chi connectivity index (χ4n) is 1.34. The highest BCUT2D eigenvalue weighted by atomic mass is 16.5. The molecule has 0 aromatic heterocycles. The van der Waals surface area contributed by atoms with E-state index in [4.69, 9.17) is 10.3 Å². The van der Waals surface area contributed by atoms with Gasteiger partial charge in [-0.15, -0.1) is 0 Å². The van der Waals surface area contributed by atoms with Crippen LogP contribution in [0.1, 0.15) is 19.3 Å². The number of hydrogen-bond donors (Lipinski definition) is 3. The molecule has 72 valence electrons. The number of nitrogens with one attached hydrogen (secondary N) is 1. The number of β-amino-alcohol motifs (C(OH)–C–C–N with tert-alkyl or cyclic N) is 1. The van der Waals surface area contributed by atoms with Gasteiger partial charge in [-0.1, -0.05) is 0 Å². The Morgan fingerprint density at radius 2 is 1.92 bits per heavy atom. The van der Waals surface area contributed by atoms with E-state index in [1.165, 1.54) is 5.06 Å². The van der Waals surface area contributed by atoms with E-state index in [9.17, 15) is 0 Å². The van der Waals surface area contributed by atoms with E-state index >= 15 is 0 Å². The lowest BCUT2D eigenvalue weighted by molar-refractivity contribution is -0.0678. The first kappa shape index (κ1) is 9.92. The van der Waals surface area contributed by atoms with Crippen LogP contribution < -0.4 is 5.32 Å². The minimum absolute atomic E-state index is 0.0648. The molecule has 0 saturated carbocycles. The maximum atomic E-state index is 8.67. The Morgan fingerprint density at radius 1 is 1.25 bits per heavy atom. The van der Waals surface area contributed by atoms with Crippen molar-refractivity contribution in [3.8, 4) is 0 Å². The van der Waals surface area contributed by atoms with E-state index in [-0.39, 0.29) is 6.10 Å². The first-order valence-corrected chi connectivity index (χ1v) is 4.61. The molecule has 2 heterocycles. The van der Waals surface area contributed by atoms with Crippen molar-refractivity contribution < 1.29 is 10.3 Å². The third-order valence-corrected chi connectivity index (χ3v) is 2.12. The lowest BCUT2D eigenvalue weighted by Crippen LogP contribution is -2.11. The van der Waals surface area contributed by atoms with Gasteiger partial charge in [-0.2, -0.15) is 5.06 Å². The summed E-state index contributed by atoms with van der Waals surface area (Å²) >= 11 is 0. The molecule has 0 aromatic carbocycles. The van der Waals surface area contributed by atoms with Gasteiger partial charge < -0.3 is 15.6 Å². The first-order valence-electron chi connectivity index (χ1n) is 4.61. The van der Waals surface area contributed by atoms with Gasteiger partial charge in [0, 0.05) is 19.6 Å². The molecule has 1 atom stereocenters. The van der Waals surface area contributed by atoms with Gasteiger partial charge in [0.05, 0.1) is 6.10 Å². The lowest BCUT2D eigenvalue weighted by Gasteiger charge is -1.99. The van der Waals surface area contributed by atoms with Gasteiger partial charge in [0.1, 0.15) is 0 Å². The average Bonchev–Trinajstić information content (AvgIpc) is 2.63. The number of aliphatic hydroxyl groups is 1. The minimum atomic E-state index is -0.0648. The molecule has 4 heteroatoms. The molecule has 0 bridgehead atoms. The summed E-state index contributed by atoms with van der Waals surface area (Å²) in [4.78, 5) is 0. The fourth-order valence-corrected chi connectivity index (χ4v) is 1.34. The van der Waals surface area contributed by atoms with Crippen LogP contribution in [-0.2, 0) is 0 Å². The second-order valence-electron chi connectivity index (χ2n) is 3.31. The number of hydrogen-bond acceptors (Lipinski definition) is 4. The predicted molar refractivity (Wildman–Crippen MR) is 46.1 cm³/mol. The molecule has 12 heavy (non-hydrogen) atoms. The Kier molecular flexibility index (Phi) is 4.53. The third kappa shape index (κ3) is 4.01. The van der Waals surface area contributed by atoms with Gasteiger partial charge in [0.2, 0.25) is 0 Å². The number of hydroxylamine groups is 2. The van der Waals surface area contributed by atoms with Crippen LogP contribution in [0.4, 0.5) is 0 Å². The molecule has 0 aliphatic carbocycles. The van der Waals surface area contributed by atoms with Crippen LogP contribution >= 0.6 is 0 Å². The van der Waals surface area contributed by atoms with E-state index in [0.717, 1.165) is 45.4 Å². The fraction of sp³-hybridized carbons (Fsp3) is 1.00. The number of nitrogens with zero attached hydrogens (tertiary/aromatic N) is 1. The van der Waals surface area contributed by atoms with E-state index in [0.29, 0.717) is 0 Å². The monoisotopic (exact) mass is 174 g/mol. The van der Waals surface area contributed by atoms with Crippen LogP contribution in [0.15, 0.2) is 0 Å². The van der Waals surface area contributed by atoms with Crippen LogP contribution in [-0.4, -0.2) is 47.7 Å². The zero-order chi connectivity index (χ0) is 8.81. The second-order valence-corrected chi connectivity index (χ2v) is 3.31. The Bertz CT molecular complexity index is 95.6. The molecule has 2 fully saturated rings. The van der Waals surface area contributed by atoms with Crippen LogP contribution in [0.3, 0.4) is 0 Å². The van der Waals surface area contributed by atoms with Crippen LogP contribution in [0, 0.1) is 0 Å². The molecule has 2 aliphatic rings. The van der Waals surface area contributed by atoms with Crippen molar-refractivity contribution in [2.45, 2.75) is 25.4 Å². The molecule has 2 saturated heterocycles. The normalized spacial score (nSPS) is 30.0. The zero-order valence-electron chi connectivity index (χ0n) is 7.37. The Morgan fingerprint density at radius 3 is 2.08 bits per heavy atom. The minimum Gasteiger partial charge on any atom is -0.392 e. The van der Waals surface area contributed by atoms with E-state index < -0.39 is 0 Å². The number of rotatable bonds is 0. The molecule has 2 aliphatic heterocycles. The predicted octanol–water partition coefficient (Wildman–Crippen LogP) is -0.188. The molecule has 0 amide bonds. The summed E-state index contributed by atoms with van der Waals surface area (Å²) in [5, 5.41) is 21.6. The highest BCUT2D eigenvalue weighted by molar-refractivity contribution is 4.67. The Hall–Kier alpha value is -0.160. The molecule has 0 spiro atoms. The number of aliphatic hydroxyl groups excluding tert-OH is 1. The molecule has 2 rings (SSSR count). The van der Waals surface area contributed by atoms with Crippen LogP contribution in [0.5, 0.6) is 0 Å². The van der Waals surface area contributed by atoms with E-state index in [1.807, 2.05) is 0 Å². The Labute approximate surface area is 73.1 Å². The van der Waals surface area contributed by atoms with Crippen LogP contribution in [0.25, 0.3) is 0 Å². The summed E-state index contributed by atoms with van der Waals surface area (Å²) in [6, 6.07) is 0. The average molecular weight is 174 g/mol. The third-order valence-electron chi connectivity index (χ3n) is 2.12. The van der Waals surface area contributed by atoms with Gasteiger partial charge in [0.15, 0.2) is 0 Å². The van der Waals surface area contributed by atoms with Gasteiger partial charge >= 0.3 is 0 Å². The molecule has 0 aromatic rings. The zero-order valence-corrected chi connectivity index (χ0v) is 7.37. The molecular formula is C8H18N2O2. The maximum absolute atomic E-state index is 8.67. The van der Waals surface area contributed by atoms with Gasteiger partial charge in [-0.05, 0) is 25.8 Å². The summed E-state index contributed by atoms with van der Waals surface area (Å²) in [5.74, 6) is 0. The Balaban J connectivity index is 0.000000120. The van der Waals surface area contributed by atoms with E-state index in [2.05, 4.69) is 5.32 Å². The van der Waals surface area contributed by atoms with Crippen molar-refractivity contribution in [2.24, 2.45) is 0 Å². The second kappa shape index (κ2) is 5.48. The SMILES string of the molecule is ON1CCCC1.O[C@@H]1CCNC1. The molecular weight excluding hydrogens is 156 g/mol.